The number of hydrogen-bond donors (Lipinski definition) is 1. The third-order valence-corrected chi connectivity index (χ3v) is 3.00. The van der Waals surface area contributed by atoms with E-state index in [0.717, 1.165) is 12.1 Å². The molecule has 1 heterocycles. The SMILES string of the molecule is CC(C)(C)NCc1cc(OC(C)(C)C)nc2ccccc12. The van der Waals surface area contributed by atoms with Crippen LogP contribution in [-0.4, -0.2) is 16.1 Å². The van der Waals surface area contributed by atoms with E-state index in [-0.39, 0.29) is 11.1 Å². The van der Waals surface area contributed by atoms with Crippen LogP contribution in [0.5, 0.6) is 5.88 Å². The standard InChI is InChI=1S/C18H26N2O/c1-17(2,3)19-12-13-11-16(21-18(4,5)6)20-15-10-8-7-9-14(13)15/h7-11,19H,12H2,1-6H3. The molecule has 0 saturated heterocycles. The van der Waals surface area contributed by atoms with Gasteiger partial charge in [-0.3, -0.25) is 0 Å². The van der Waals surface area contributed by atoms with E-state index in [9.17, 15) is 0 Å². The van der Waals surface area contributed by atoms with Crippen molar-refractivity contribution in [3.8, 4) is 5.88 Å². The lowest BCUT2D eigenvalue weighted by Crippen LogP contribution is -2.35. The lowest BCUT2D eigenvalue weighted by Gasteiger charge is -2.23. The number of ether oxygens (including phenoxy) is 1. The second-order valence-electron chi connectivity index (χ2n) is 7.45. The van der Waals surface area contributed by atoms with Crippen LogP contribution in [0.2, 0.25) is 0 Å². The summed E-state index contributed by atoms with van der Waals surface area (Å²) in [6.45, 7) is 13.4. The molecule has 0 aliphatic carbocycles. The number of pyridine rings is 1. The Balaban J connectivity index is 2.40. The van der Waals surface area contributed by atoms with E-state index >= 15 is 0 Å². The summed E-state index contributed by atoms with van der Waals surface area (Å²) in [4.78, 5) is 4.62. The predicted octanol–water partition coefficient (Wildman–Crippen LogP) is 4.30. The monoisotopic (exact) mass is 286 g/mol. The molecule has 1 aromatic heterocycles. The summed E-state index contributed by atoms with van der Waals surface area (Å²) in [5.74, 6) is 0.687. The fourth-order valence-electron chi connectivity index (χ4n) is 2.09. The Kier molecular flexibility index (Phi) is 4.24. The Labute approximate surface area is 127 Å². The molecule has 0 aliphatic rings. The minimum absolute atomic E-state index is 0.0788. The molecule has 0 atom stereocenters. The van der Waals surface area contributed by atoms with E-state index in [1.807, 2.05) is 39.0 Å². The van der Waals surface area contributed by atoms with Gasteiger partial charge in [0.1, 0.15) is 5.60 Å². The number of fused-ring (bicyclic) bond motifs is 1. The van der Waals surface area contributed by atoms with Gasteiger partial charge in [-0.1, -0.05) is 18.2 Å². The van der Waals surface area contributed by atoms with Gasteiger partial charge in [-0.25, -0.2) is 4.98 Å². The van der Waals surface area contributed by atoms with Gasteiger partial charge in [0, 0.05) is 23.5 Å². The van der Waals surface area contributed by atoms with Crippen molar-refractivity contribution in [3.63, 3.8) is 0 Å². The molecule has 0 amide bonds. The predicted molar refractivity (Wildman–Crippen MR) is 88.7 cm³/mol. The minimum atomic E-state index is -0.246. The summed E-state index contributed by atoms with van der Waals surface area (Å²) >= 11 is 0. The molecular formula is C18H26N2O. The largest absolute Gasteiger partial charge is 0.472 e. The van der Waals surface area contributed by atoms with Crippen LogP contribution in [-0.2, 0) is 6.54 Å². The normalized spacial score (nSPS) is 12.7. The van der Waals surface area contributed by atoms with Crippen molar-refractivity contribution in [2.45, 2.75) is 59.2 Å². The van der Waals surface area contributed by atoms with Gasteiger partial charge in [-0.15, -0.1) is 0 Å². The molecule has 0 fully saturated rings. The number of para-hydroxylation sites is 1. The van der Waals surface area contributed by atoms with Crippen LogP contribution in [0.1, 0.15) is 47.1 Å². The smallest absolute Gasteiger partial charge is 0.214 e. The van der Waals surface area contributed by atoms with Crippen molar-refractivity contribution in [1.82, 2.24) is 10.3 Å². The maximum atomic E-state index is 5.94. The lowest BCUT2D eigenvalue weighted by molar-refractivity contribution is 0.124. The number of rotatable bonds is 3. The molecule has 0 saturated carbocycles. The van der Waals surface area contributed by atoms with Crippen molar-refractivity contribution < 1.29 is 4.74 Å². The zero-order chi connectivity index (χ0) is 15.7. The van der Waals surface area contributed by atoms with Crippen molar-refractivity contribution in [1.29, 1.82) is 0 Å². The zero-order valence-corrected chi connectivity index (χ0v) is 13.9. The Hall–Kier alpha value is -1.61. The summed E-state index contributed by atoms with van der Waals surface area (Å²) in [5, 5.41) is 4.71. The first-order chi connectivity index (χ1) is 9.64. The molecule has 21 heavy (non-hydrogen) atoms. The van der Waals surface area contributed by atoms with Crippen molar-refractivity contribution >= 4 is 10.9 Å². The van der Waals surface area contributed by atoms with E-state index in [4.69, 9.17) is 4.74 Å². The van der Waals surface area contributed by atoms with Gasteiger partial charge in [0.25, 0.3) is 0 Å². The van der Waals surface area contributed by atoms with Crippen LogP contribution in [0.15, 0.2) is 30.3 Å². The fraction of sp³-hybridized carbons (Fsp3) is 0.500. The highest BCUT2D eigenvalue weighted by molar-refractivity contribution is 5.82. The molecule has 1 N–H and O–H groups in total. The number of hydrogen-bond acceptors (Lipinski definition) is 3. The highest BCUT2D eigenvalue weighted by Crippen LogP contribution is 2.24. The maximum absolute atomic E-state index is 5.94. The van der Waals surface area contributed by atoms with Crippen LogP contribution >= 0.6 is 0 Å². The molecule has 3 heteroatoms. The summed E-state index contributed by atoms with van der Waals surface area (Å²) in [6.07, 6.45) is 0. The van der Waals surface area contributed by atoms with Crippen molar-refractivity contribution in [2.75, 3.05) is 0 Å². The molecule has 2 rings (SSSR count). The van der Waals surface area contributed by atoms with Crippen LogP contribution in [0.4, 0.5) is 0 Å². The van der Waals surface area contributed by atoms with Crippen LogP contribution in [0.25, 0.3) is 10.9 Å². The molecule has 0 aliphatic heterocycles. The molecular weight excluding hydrogens is 260 g/mol. The number of aromatic nitrogens is 1. The number of nitrogens with zero attached hydrogens (tertiary/aromatic N) is 1. The second-order valence-corrected chi connectivity index (χ2v) is 7.45. The highest BCUT2D eigenvalue weighted by atomic mass is 16.5. The van der Waals surface area contributed by atoms with Crippen LogP contribution in [0.3, 0.4) is 0 Å². The lowest BCUT2D eigenvalue weighted by atomic mass is 10.1. The van der Waals surface area contributed by atoms with Crippen LogP contribution < -0.4 is 10.1 Å². The highest BCUT2D eigenvalue weighted by Gasteiger charge is 2.16. The Morgan fingerprint density at radius 1 is 1.05 bits per heavy atom. The quantitative estimate of drug-likeness (QED) is 0.913. The minimum Gasteiger partial charge on any atom is -0.472 e. The third kappa shape index (κ3) is 4.71. The van der Waals surface area contributed by atoms with E-state index in [2.05, 4.69) is 43.2 Å². The van der Waals surface area contributed by atoms with Gasteiger partial charge >= 0.3 is 0 Å². The van der Waals surface area contributed by atoms with Gasteiger partial charge in [0.05, 0.1) is 5.52 Å². The number of nitrogens with one attached hydrogen (secondary N) is 1. The van der Waals surface area contributed by atoms with Gasteiger partial charge in [-0.2, -0.15) is 0 Å². The molecule has 2 aromatic rings. The zero-order valence-electron chi connectivity index (χ0n) is 13.9. The van der Waals surface area contributed by atoms with Crippen LogP contribution in [0, 0.1) is 0 Å². The first kappa shape index (κ1) is 15.8. The van der Waals surface area contributed by atoms with E-state index < -0.39 is 0 Å². The summed E-state index contributed by atoms with van der Waals surface area (Å²) < 4.78 is 5.94. The van der Waals surface area contributed by atoms with E-state index in [0.29, 0.717) is 5.88 Å². The molecule has 114 valence electrons. The summed E-state index contributed by atoms with van der Waals surface area (Å²) in [7, 11) is 0. The maximum Gasteiger partial charge on any atom is 0.214 e. The molecule has 1 aromatic carbocycles. The van der Waals surface area contributed by atoms with Gasteiger partial charge in [0.2, 0.25) is 5.88 Å². The molecule has 0 spiro atoms. The van der Waals surface area contributed by atoms with Gasteiger partial charge in [0.15, 0.2) is 0 Å². The summed E-state index contributed by atoms with van der Waals surface area (Å²) in [6, 6.07) is 10.3. The van der Waals surface area contributed by atoms with E-state index in [1.54, 1.807) is 0 Å². The second kappa shape index (κ2) is 5.64. The number of benzene rings is 1. The van der Waals surface area contributed by atoms with E-state index in [1.165, 1.54) is 10.9 Å². The molecule has 3 nitrogen and oxygen atoms in total. The molecule has 0 bridgehead atoms. The van der Waals surface area contributed by atoms with Crippen molar-refractivity contribution in [2.24, 2.45) is 0 Å². The van der Waals surface area contributed by atoms with Crippen molar-refractivity contribution in [3.05, 3.63) is 35.9 Å². The summed E-state index contributed by atoms with van der Waals surface area (Å²) in [5.41, 5.74) is 2.03. The average Bonchev–Trinajstić information content (AvgIpc) is 2.33. The molecule has 0 unspecified atom stereocenters. The third-order valence-electron chi connectivity index (χ3n) is 3.00. The first-order valence-electron chi connectivity index (χ1n) is 7.47. The van der Waals surface area contributed by atoms with Gasteiger partial charge in [-0.05, 0) is 53.2 Å². The average molecular weight is 286 g/mol. The first-order valence-corrected chi connectivity index (χ1v) is 7.47. The van der Waals surface area contributed by atoms with Gasteiger partial charge < -0.3 is 10.1 Å². The fourth-order valence-corrected chi connectivity index (χ4v) is 2.09. The Morgan fingerprint density at radius 2 is 1.71 bits per heavy atom. The molecule has 0 radical (unpaired) electrons. The Morgan fingerprint density at radius 3 is 2.33 bits per heavy atom. The Bertz CT molecular complexity index is 621. The topological polar surface area (TPSA) is 34.1 Å².